The molecule has 2 heterocycles. The lowest BCUT2D eigenvalue weighted by molar-refractivity contribution is -0.122. The summed E-state index contributed by atoms with van der Waals surface area (Å²) in [7, 11) is 1.64. The number of likely N-dealkylation sites (tertiary alicyclic amines) is 1. The van der Waals surface area contributed by atoms with Crippen LogP contribution in [-0.4, -0.2) is 47.7 Å². The molecule has 1 aliphatic heterocycles. The average molecular weight is 372 g/mol. The van der Waals surface area contributed by atoms with Gasteiger partial charge >= 0.3 is 0 Å². The third-order valence-corrected chi connectivity index (χ3v) is 4.86. The fraction of sp³-hybridized carbons (Fsp3) is 0.550. The lowest BCUT2D eigenvalue weighted by atomic mass is 9.98. The van der Waals surface area contributed by atoms with Gasteiger partial charge in [0, 0.05) is 24.6 Å². The number of ether oxygens (including phenoxy) is 1. The van der Waals surface area contributed by atoms with Crippen molar-refractivity contribution in [3.63, 3.8) is 0 Å². The third-order valence-electron chi connectivity index (χ3n) is 4.86. The number of nitrogens with one attached hydrogen (secondary N) is 1. The van der Waals surface area contributed by atoms with Crippen LogP contribution in [0.15, 0.2) is 28.8 Å². The number of nitrogens with zero attached hydrogens (tertiary/aromatic N) is 3. The standard InChI is InChI=1S/C20H28N4O3/c1-14(2)19-22-20(27-23-19)16-8-6-10-24(12-16)13-18(25)21-11-15-7-4-5-9-17(15)26-3/h4-5,7,9,14,16H,6,8,10-13H2,1-3H3,(H,21,25)/t16-/m1/s1. The molecule has 7 heteroatoms. The summed E-state index contributed by atoms with van der Waals surface area (Å²) in [6.07, 6.45) is 2.03. The van der Waals surface area contributed by atoms with Crippen molar-refractivity contribution in [1.82, 2.24) is 20.4 Å². The first-order valence-electron chi connectivity index (χ1n) is 9.51. The van der Waals surface area contributed by atoms with Crippen molar-refractivity contribution in [3.05, 3.63) is 41.5 Å². The van der Waals surface area contributed by atoms with Crippen molar-refractivity contribution in [2.75, 3.05) is 26.7 Å². The van der Waals surface area contributed by atoms with Crippen molar-refractivity contribution >= 4 is 5.91 Å². The van der Waals surface area contributed by atoms with Gasteiger partial charge in [0.2, 0.25) is 11.8 Å². The van der Waals surface area contributed by atoms with Gasteiger partial charge in [0.25, 0.3) is 0 Å². The summed E-state index contributed by atoms with van der Waals surface area (Å²) >= 11 is 0. The van der Waals surface area contributed by atoms with Crippen molar-refractivity contribution < 1.29 is 14.1 Å². The Hall–Kier alpha value is -2.41. The Morgan fingerprint density at radius 3 is 2.96 bits per heavy atom. The van der Waals surface area contributed by atoms with Crippen LogP contribution < -0.4 is 10.1 Å². The molecule has 0 bridgehead atoms. The Kier molecular flexibility index (Phi) is 6.45. The van der Waals surface area contributed by atoms with Crippen LogP contribution in [0.5, 0.6) is 5.75 Å². The number of hydrogen-bond donors (Lipinski definition) is 1. The number of amides is 1. The maximum atomic E-state index is 12.4. The van der Waals surface area contributed by atoms with Crippen LogP contribution in [0.1, 0.15) is 55.8 Å². The van der Waals surface area contributed by atoms with Crippen molar-refractivity contribution in [3.8, 4) is 5.75 Å². The SMILES string of the molecule is COc1ccccc1CNC(=O)CN1CCC[C@@H](c2nc(C(C)C)no2)C1. The highest BCUT2D eigenvalue weighted by Gasteiger charge is 2.27. The molecule has 0 radical (unpaired) electrons. The summed E-state index contributed by atoms with van der Waals surface area (Å²) in [5.41, 5.74) is 0.969. The number of carbonyl (C=O) groups is 1. The van der Waals surface area contributed by atoms with E-state index in [1.165, 1.54) is 0 Å². The Labute approximate surface area is 160 Å². The molecule has 1 saturated heterocycles. The molecule has 1 atom stereocenters. The maximum Gasteiger partial charge on any atom is 0.234 e. The van der Waals surface area contributed by atoms with Crippen LogP contribution in [0, 0.1) is 0 Å². The molecule has 1 aromatic carbocycles. The number of benzene rings is 1. The smallest absolute Gasteiger partial charge is 0.234 e. The summed E-state index contributed by atoms with van der Waals surface area (Å²) in [6.45, 7) is 6.60. The summed E-state index contributed by atoms with van der Waals surface area (Å²) in [5.74, 6) is 2.68. The summed E-state index contributed by atoms with van der Waals surface area (Å²) in [4.78, 5) is 19.1. The molecular weight excluding hydrogens is 344 g/mol. The molecule has 1 aromatic heterocycles. The second-order valence-electron chi connectivity index (χ2n) is 7.31. The fourth-order valence-corrected chi connectivity index (χ4v) is 3.35. The number of carbonyl (C=O) groups excluding carboxylic acids is 1. The van der Waals surface area contributed by atoms with Crippen molar-refractivity contribution in [2.24, 2.45) is 0 Å². The average Bonchev–Trinajstić information content (AvgIpc) is 3.17. The van der Waals surface area contributed by atoms with Gasteiger partial charge in [-0.3, -0.25) is 9.69 Å². The van der Waals surface area contributed by atoms with Gasteiger partial charge < -0.3 is 14.6 Å². The number of para-hydroxylation sites is 1. The minimum Gasteiger partial charge on any atom is -0.496 e. The Balaban J connectivity index is 1.51. The van der Waals surface area contributed by atoms with Crippen LogP contribution >= 0.6 is 0 Å². The first-order valence-corrected chi connectivity index (χ1v) is 9.51. The van der Waals surface area contributed by atoms with Gasteiger partial charge in [0.05, 0.1) is 19.6 Å². The second-order valence-corrected chi connectivity index (χ2v) is 7.31. The zero-order chi connectivity index (χ0) is 19.2. The molecule has 1 aliphatic rings. The minimum atomic E-state index is 0.00922. The number of aromatic nitrogens is 2. The molecule has 146 valence electrons. The number of piperidine rings is 1. The zero-order valence-corrected chi connectivity index (χ0v) is 16.3. The first kappa shape index (κ1) is 19.4. The number of hydrogen-bond acceptors (Lipinski definition) is 6. The Morgan fingerprint density at radius 2 is 2.22 bits per heavy atom. The molecule has 3 rings (SSSR count). The monoisotopic (exact) mass is 372 g/mol. The van der Waals surface area contributed by atoms with Crippen molar-refractivity contribution in [1.29, 1.82) is 0 Å². The normalized spacial score (nSPS) is 17.9. The predicted octanol–water partition coefficient (Wildman–Crippen LogP) is 2.70. The first-order chi connectivity index (χ1) is 13.1. The van der Waals surface area contributed by atoms with E-state index in [2.05, 4.69) is 20.4 Å². The molecule has 0 saturated carbocycles. The van der Waals surface area contributed by atoms with E-state index in [4.69, 9.17) is 9.26 Å². The summed E-state index contributed by atoms with van der Waals surface area (Å²) in [6, 6.07) is 7.71. The number of methoxy groups -OCH3 is 1. The van der Waals surface area contributed by atoms with Crippen LogP contribution in [0.4, 0.5) is 0 Å². The zero-order valence-electron chi connectivity index (χ0n) is 16.3. The van der Waals surface area contributed by atoms with E-state index in [0.29, 0.717) is 19.0 Å². The van der Waals surface area contributed by atoms with Crippen LogP contribution in [-0.2, 0) is 11.3 Å². The van der Waals surface area contributed by atoms with E-state index in [9.17, 15) is 4.79 Å². The largest absolute Gasteiger partial charge is 0.496 e. The summed E-state index contributed by atoms with van der Waals surface area (Å²) in [5, 5.41) is 7.04. The van der Waals surface area contributed by atoms with Gasteiger partial charge in [-0.1, -0.05) is 37.2 Å². The molecule has 7 nitrogen and oxygen atoms in total. The van der Waals surface area contributed by atoms with E-state index in [-0.39, 0.29) is 17.7 Å². The van der Waals surface area contributed by atoms with E-state index in [0.717, 1.165) is 43.1 Å². The Morgan fingerprint density at radius 1 is 1.41 bits per heavy atom. The predicted molar refractivity (Wildman–Crippen MR) is 102 cm³/mol. The quantitative estimate of drug-likeness (QED) is 0.805. The lowest BCUT2D eigenvalue weighted by Gasteiger charge is -2.30. The minimum absolute atomic E-state index is 0.00922. The molecule has 0 spiro atoms. The molecule has 2 aromatic rings. The second kappa shape index (κ2) is 8.99. The van der Waals surface area contributed by atoms with Gasteiger partial charge in [0.1, 0.15) is 5.75 Å². The molecule has 0 aliphatic carbocycles. The van der Waals surface area contributed by atoms with E-state index < -0.39 is 0 Å². The fourth-order valence-electron chi connectivity index (χ4n) is 3.35. The van der Waals surface area contributed by atoms with Gasteiger partial charge in [-0.2, -0.15) is 4.98 Å². The molecule has 1 amide bonds. The maximum absolute atomic E-state index is 12.4. The molecule has 1 N–H and O–H groups in total. The Bertz CT molecular complexity index is 759. The van der Waals surface area contributed by atoms with Gasteiger partial charge in [0.15, 0.2) is 5.82 Å². The lowest BCUT2D eigenvalue weighted by Crippen LogP contribution is -2.41. The number of rotatable bonds is 7. The third kappa shape index (κ3) is 5.07. The van der Waals surface area contributed by atoms with Crippen LogP contribution in [0.3, 0.4) is 0 Å². The van der Waals surface area contributed by atoms with Gasteiger partial charge in [-0.25, -0.2) is 0 Å². The molecular formula is C20H28N4O3. The van der Waals surface area contributed by atoms with Crippen molar-refractivity contribution in [2.45, 2.75) is 45.1 Å². The topological polar surface area (TPSA) is 80.5 Å². The highest BCUT2D eigenvalue weighted by molar-refractivity contribution is 5.78. The highest BCUT2D eigenvalue weighted by atomic mass is 16.5. The van der Waals surface area contributed by atoms with Crippen LogP contribution in [0.25, 0.3) is 0 Å². The van der Waals surface area contributed by atoms with E-state index >= 15 is 0 Å². The molecule has 0 unspecified atom stereocenters. The van der Waals surface area contributed by atoms with E-state index in [1.54, 1.807) is 7.11 Å². The van der Waals surface area contributed by atoms with Gasteiger partial charge in [-0.05, 0) is 25.5 Å². The summed E-state index contributed by atoms with van der Waals surface area (Å²) < 4.78 is 10.8. The molecule has 27 heavy (non-hydrogen) atoms. The molecule has 1 fully saturated rings. The van der Waals surface area contributed by atoms with E-state index in [1.807, 2.05) is 38.1 Å². The van der Waals surface area contributed by atoms with Gasteiger partial charge in [-0.15, -0.1) is 0 Å². The highest BCUT2D eigenvalue weighted by Crippen LogP contribution is 2.26. The van der Waals surface area contributed by atoms with Crippen LogP contribution in [0.2, 0.25) is 0 Å².